The molecule has 0 bridgehead atoms. The molecule has 3 N–H and O–H groups in total. The molecule has 5 heteroatoms. The Balaban J connectivity index is 1.67. The molecule has 114 valence electrons. The van der Waals surface area contributed by atoms with E-state index in [1.807, 2.05) is 18.2 Å². The maximum absolute atomic E-state index is 13.0. The molecular weight excluding hydrogens is 281 g/mol. The van der Waals surface area contributed by atoms with E-state index in [1.54, 1.807) is 25.3 Å². The number of aromatic amines is 1. The van der Waals surface area contributed by atoms with E-state index in [1.165, 1.54) is 12.1 Å². The minimum Gasteiger partial charge on any atom is -0.384 e. The van der Waals surface area contributed by atoms with Crippen molar-refractivity contribution in [2.24, 2.45) is 0 Å². The zero-order valence-electron chi connectivity index (χ0n) is 12.3. The first-order valence-electron chi connectivity index (χ1n) is 7.16. The highest BCUT2D eigenvalue weighted by molar-refractivity contribution is 5.81. The summed E-state index contributed by atoms with van der Waals surface area (Å²) in [4.78, 5) is 0. The van der Waals surface area contributed by atoms with Gasteiger partial charge in [0.15, 0.2) is 0 Å². The molecule has 0 fully saturated rings. The van der Waals surface area contributed by atoms with E-state index in [-0.39, 0.29) is 5.82 Å². The fourth-order valence-corrected chi connectivity index (χ4v) is 2.53. The number of fused-ring (bicyclic) bond motifs is 1. The molecule has 0 amide bonds. The first kappa shape index (κ1) is 14.7. The summed E-state index contributed by atoms with van der Waals surface area (Å²) in [6.45, 7) is 2.68. The molecule has 1 heterocycles. The van der Waals surface area contributed by atoms with Gasteiger partial charge in [-0.05, 0) is 30.2 Å². The van der Waals surface area contributed by atoms with Crippen LogP contribution < -0.4 is 5.32 Å². The SMILES string of the molecule is CC(O)(CNCc1cccc2cn[nH]c12)c1ccc(F)cc1. The molecule has 0 spiro atoms. The van der Waals surface area contributed by atoms with Gasteiger partial charge in [0.25, 0.3) is 0 Å². The second-order valence-corrected chi connectivity index (χ2v) is 5.64. The first-order valence-corrected chi connectivity index (χ1v) is 7.16. The summed E-state index contributed by atoms with van der Waals surface area (Å²) in [5, 5.41) is 21.8. The molecule has 0 saturated carbocycles. The van der Waals surface area contributed by atoms with Gasteiger partial charge >= 0.3 is 0 Å². The number of nitrogens with zero attached hydrogens (tertiary/aromatic N) is 1. The summed E-state index contributed by atoms with van der Waals surface area (Å²) >= 11 is 0. The van der Waals surface area contributed by atoms with Gasteiger partial charge in [-0.15, -0.1) is 0 Å². The van der Waals surface area contributed by atoms with Gasteiger partial charge in [-0.1, -0.05) is 30.3 Å². The van der Waals surface area contributed by atoms with Crippen molar-refractivity contribution in [3.8, 4) is 0 Å². The number of benzene rings is 2. The summed E-state index contributed by atoms with van der Waals surface area (Å²) in [5.41, 5.74) is 1.71. The molecule has 0 aliphatic carbocycles. The molecule has 1 atom stereocenters. The van der Waals surface area contributed by atoms with E-state index >= 15 is 0 Å². The van der Waals surface area contributed by atoms with E-state index in [0.29, 0.717) is 18.7 Å². The van der Waals surface area contributed by atoms with E-state index in [2.05, 4.69) is 15.5 Å². The number of aliphatic hydroxyl groups is 1. The van der Waals surface area contributed by atoms with Crippen molar-refractivity contribution < 1.29 is 9.50 Å². The number of hydrogen-bond acceptors (Lipinski definition) is 3. The second kappa shape index (κ2) is 5.87. The van der Waals surface area contributed by atoms with Crippen LogP contribution in [0.1, 0.15) is 18.1 Å². The number of H-pyrrole nitrogens is 1. The van der Waals surface area contributed by atoms with Gasteiger partial charge in [0.05, 0.1) is 17.3 Å². The van der Waals surface area contributed by atoms with Gasteiger partial charge < -0.3 is 10.4 Å². The van der Waals surface area contributed by atoms with Crippen molar-refractivity contribution in [1.82, 2.24) is 15.5 Å². The maximum Gasteiger partial charge on any atom is 0.123 e. The van der Waals surface area contributed by atoms with Crippen LogP contribution in [-0.2, 0) is 12.1 Å². The van der Waals surface area contributed by atoms with Gasteiger partial charge in [-0.3, -0.25) is 5.10 Å². The third-order valence-corrected chi connectivity index (χ3v) is 3.81. The maximum atomic E-state index is 13.0. The summed E-state index contributed by atoms with van der Waals surface area (Å²) in [6, 6.07) is 11.9. The van der Waals surface area contributed by atoms with E-state index < -0.39 is 5.60 Å². The number of hydrogen-bond donors (Lipinski definition) is 3. The average Bonchev–Trinajstić information content (AvgIpc) is 2.97. The van der Waals surface area contributed by atoms with Crippen LogP contribution in [0.15, 0.2) is 48.7 Å². The van der Waals surface area contributed by atoms with Crippen molar-refractivity contribution in [3.05, 3.63) is 65.6 Å². The summed E-state index contributed by atoms with van der Waals surface area (Å²) in [5.74, 6) is -0.307. The van der Waals surface area contributed by atoms with Crippen LogP contribution in [0.5, 0.6) is 0 Å². The van der Waals surface area contributed by atoms with Gasteiger partial charge in [-0.2, -0.15) is 5.10 Å². The van der Waals surface area contributed by atoms with Crippen LogP contribution in [0.3, 0.4) is 0 Å². The van der Waals surface area contributed by atoms with Crippen molar-refractivity contribution in [2.45, 2.75) is 19.1 Å². The van der Waals surface area contributed by atoms with Crippen molar-refractivity contribution in [2.75, 3.05) is 6.54 Å². The predicted molar refractivity (Wildman–Crippen MR) is 83.8 cm³/mol. The number of rotatable bonds is 5. The molecule has 1 unspecified atom stereocenters. The lowest BCUT2D eigenvalue weighted by molar-refractivity contribution is 0.0566. The Morgan fingerprint density at radius 2 is 2.00 bits per heavy atom. The Labute approximate surface area is 128 Å². The fraction of sp³-hybridized carbons (Fsp3) is 0.235. The lowest BCUT2D eigenvalue weighted by Crippen LogP contribution is -2.35. The van der Waals surface area contributed by atoms with E-state index in [0.717, 1.165) is 16.5 Å². The Kier molecular flexibility index (Phi) is 3.92. The van der Waals surface area contributed by atoms with Crippen LogP contribution in [0.2, 0.25) is 0 Å². The number of para-hydroxylation sites is 1. The highest BCUT2D eigenvalue weighted by Crippen LogP contribution is 2.21. The molecule has 0 radical (unpaired) electrons. The summed E-state index contributed by atoms with van der Waals surface area (Å²) in [6.07, 6.45) is 1.79. The molecule has 3 rings (SSSR count). The Bertz CT molecular complexity index is 765. The van der Waals surface area contributed by atoms with Crippen molar-refractivity contribution >= 4 is 10.9 Å². The van der Waals surface area contributed by atoms with Crippen molar-refractivity contribution in [3.63, 3.8) is 0 Å². The van der Waals surface area contributed by atoms with Crippen molar-refractivity contribution in [1.29, 1.82) is 0 Å². The third kappa shape index (κ3) is 3.00. The van der Waals surface area contributed by atoms with E-state index in [4.69, 9.17) is 0 Å². The lowest BCUT2D eigenvalue weighted by atomic mass is 9.96. The van der Waals surface area contributed by atoms with Crippen LogP contribution in [0.4, 0.5) is 4.39 Å². The average molecular weight is 299 g/mol. The fourth-order valence-electron chi connectivity index (χ4n) is 2.53. The molecule has 4 nitrogen and oxygen atoms in total. The Hall–Kier alpha value is -2.24. The van der Waals surface area contributed by atoms with Crippen LogP contribution >= 0.6 is 0 Å². The van der Waals surface area contributed by atoms with Crippen LogP contribution in [-0.4, -0.2) is 21.8 Å². The zero-order valence-corrected chi connectivity index (χ0v) is 12.3. The number of halogens is 1. The molecule has 0 aliphatic heterocycles. The molecule has 1 aromatic heterocycles. The Morgan fingerprint density at radius 1 is 1.23 bits per heavy atom. The quantitative estimate of drug-likeness (QED) is 0.679. The minimum atomic E-state index is -1.06. The highest BCUT2D eigenvalue weighted by Gasteiger charge is 2.22. The van der Waals surface area contributed by atoms with Crippen LogP contribution in [0.25, 0.3) is 10.9 Å². The third-order valence-electron chi connectivity index (χ3n) is 3.81. The standard InChI is InChI=1S/C17H18FN3O/c1-17(22,14-5-7-15(18)8-6-14)11-19-9-12-3-2-4-13-10-20-21-16(12)13/h2-8,10,19,22H,9,11H2,1H3,(H,20,21). The minimum absolute atomic E-state index is 0.307. The topological polar surface area (TPSA) is 60.9 Å². The van der Waals surface area contributed by atoms with Gasteiger partial charge in [0, 0.05) is 18.5 Å². The smallest absolute Gasteiger partial charge is 0.123 e. The zero-order chi connectivity index (χ0) is 15.6. The van der Waals surface area contributed by atoms with Gasteiger partial charge in [-0.25, -0.2) is 4.39 Å². The van der Waals surface area contributed by atoms with Gasteiger partial charge in [0.1, 0.15) is 5.82 Å². The Morgan fingerprint density at radius 3 is 2.77 bits per heavy atom. The number of nitrogens with one attached hydrogen (secondary N) is 2. The second-order valence-electron chi connectivity index (χ2n) is 5.64. The summed E-state index contributed by atoms with van der Waals surface area (Å²) < 4.78 is 13.0. The largest absolute Gasteiger partial charge is 0.384 e. The van der Waals surface area contributed by atoms with Crippen LogP contribution in [0, 0.1) is 5.82 Å². The lowest BCUT2D eigenvalue weighted by Gasteiger charge is -2.24. The number of aromatic nitrogens is 2. The summed E-state index contributed by atoms with van der Waals surface area (Å²) in [7, 11) is 0. The molecule has 3 aromatic rings. The van der Waals surface area contributed by atoms with Gasteiger partial charge in [0.2, 0.25) is 0 Å². The molecule has 2 aromatic carbocycles. The monoisotopic (exact) mass is 299 g/mol. The first-order chi connectivity index (χ1) is 10.6. The van der Waals surface area contributed by atoms with E-state index in [9.17, 15) is 9.50 Å². The normalized spacial score (nSPS) is 14.1. The molecular formula is C17H18FN3O. The molecule has 22 heavy (non-hydrogen) atoms. The predicted octanol–water partition coefficient (Wildman–Crippen LogP) is 2.70. The molecule has 0 saturated heterocycles. The molecule has 0 aliphatic rings. The highest BCUT2D eigenvalue weighted by atomic mass is 19.1.